The van der Waals surface area contributed by atoms with Crippen molar-refractivity contribution in [2.75, 3.05) is 0 Å². The lowest BCUT2D eigenvalue weighted by atomic mass is 9.80. The summed E-state index contributed by atoms with van der Waals surface area (Å²) in [7, 11) is 0. The van der Waals surface area contributed by atoms with Crippen molar-refractivity contribution in [2.45, 2.75) is 104 Å². The molecule has 7 rings (SSSR count). The number of pyridine rings is 2. The van der Waals surface area contributed by atoms with Crippen molar-refractivity contribution in [3.8, 4) is 23.0 Å². The maximum atomic E-state index is 13.9. The van der Waals surface area contributed by atoms with Crippen LogP contribution in [-0.2, 0) is 10.8 Å². The smallest absolute Gasteiger partial charge is 0.197 e. The Morgan fingerprint density at radius 3 is 1.17 bits per heavy atom. The molecular weight excluding hydrogens is 669 g/mol. The minimum atomic E-state index is -0.129. The highest BCUT2D eigenvalue weighted by Crippen LogP contribution is 2.34. The van der Waals surface area contributed by atoms with Crippen molar-refractivity contribution in [1.82, 2.24) is 9.97 Å². The van der Waals surface area contributed by atoms with Crippen molar-refractivity contribution in [3.63, 3.8) is 0 Å². The largest absolute Gasteiger partial charge is 0.457 e. The summed E-state index contributed by atoms with van der Waals surface area (Å²) in [5.74, 6) is 2.61. The third-order valence-corrected chi connectivity index (χ3v) is 11.2. The molecule has 6 nitrogen and oxygen atoms in total. The fourth-order valence-corrected chi connectivity index (χ4v) is 7.67. The van der Waals surface area contributed by atoms with Crippen LogP contribution in [0, 0.1) is 0 Å². The number of H-pyrrole nitrogens is 2. The first-order valence-corrected chi connectivity index (χ1v) is 19.6. The molecule has 54 heavy (non-hydrogen) atoms. The fourth-order valence-electron chi connectivity index (χ4n) is 7.67. The summed E-state index contributed by atoms with van der Waals surface area (Å²) in [6.45, 7) is 13.6. The van der Waals surface area contributed by atoms with Crippen molar-refractivity contribution in [1.29, 1.82) is 0 Å². The van der Waals surface area contributed by atoms with Crippen LogP contribution in [0.3, 0.4) is 0 Å². The number of fused-ring (bicyclic) bond motifs is 4. The molecule has 0 bridgehead atoms. The van der Waals surface area contributed by atoms with Gasteiger partial charge in [0.15, 0.2) is 10.9 Å². The predicted molar refractivity (Wildman–Crippen MR) is 225 cm³/mol. The zero-order valence-corrected chi connectivity index (χ0v) is 32.5. The molecule has 0 atom stereocenters. The van der Waals surface area contributed by atoms with Gasteiger partial charge in [0.1, 0.15) is 23.0 Å². The van der Waals surface area contributed by atoms with Crippen LogP contribution in [0.1, 0.15) is 104 Å². The summed E-state index contributed by atoms with van der Waals surface area (Å²) in [4.78, 5) is 34.6. The lowest BCUT2D eigenvalue weighted by Crippen LogP contribution is -2.16. The van der Waals surface area contributed by atoms with Gasteiger partial charge in [0.25, 0.3) is 0 Å². The molecule has 5 aromatic carbocycles. The van der Waals surface area contributed by atoms with E-state index in [1.807, 2.05) is 48.5 Å². The van der Waals surface area contributed by atoms with E-state index < -0.39 is 0 Å². The SMILES string of the molecule is CCCCCC(C)(C)c1ccc(Oc2ccc3[nH]c4cc5c(=O)c6cc(Oc7ccc(C(C)(C)CCCCC)cc7)ccc6[nH]c5cc4c(=O)c3c2)cc1. The first-order valence-electron chi connectivity index (χ1n) is 19.6. The van der Waals surface area contributed by atoms with Gasteiger partial charge in [-0.25, -0.2) is 0 Å². The van der Waals surface area contributed by atoms with Gasteiger partial charge < -0.3 is 19.4 Å². The van der Waals surface area contributed by atoms with Crippen LogP contribution in [-0.4, -0.2) is 9.97 Å². The Morgan fingerprint density at radius 2 is 0.796 bits per heavy atom. The normalized spacial score (nSPS) is 12.3. The molecule has 0 amide bonds. The van der Waals surface area contributed by atoms with Gasteiger partial charge in [-0.1, -0.05) is 104 Å². The number of ether oxygens (including phenoxy) is 2. The maximum Gasteiger partial charge on any atom is 0.197 e. The van der Waals surface area contributed by atoms with E-state index in [9.17, 15) is 9.59 Å². The zero-order valence-electron chi connectivity index (χ0n) is 32.5. The minimum Gasteiger partial charge on any atom is -0.457 e. The van der Waals surface area contributed by atoms with Gasteiger partial charge in [0.2, 0.25) is 0 Å². The van der Waals surface area contributed by atoms with E-state index in [4.69, 9.17) is 9.47 Å². The highest BCUT2D eigenvalue weighted by Gasteiger charge is 2.21. The number of aromatic nitrogens is 2. The molecule has 0 unspecified atom stereocenters. The number of unbranched alkanes of at least 4 members (excludes halogenated alkanes) is 4. The average Bonchev–Trinajstić information content (AvgIpc) is 3.16. The van der Waals surface area contributed by atoms with Gasteiger partial charge in [-0.3, -0.25) is 9.59 Å². The first-order chi connectivity index (χ1) is 26.0. The standard InChI is InChI=1S/C48H52N2O4/c1-7-9-11-25-47(3,4)31-13-17-33(18-14-31)53-35-21-23-41-37(27-35)45(51)39-29-44-40(30-43(39)49-41)46(52)38-28-36(22-24-42(38)50-44)54-34-19-15-32(16-20-34)48(5,6)26-12-10-8-2/h13-24,27-30H,7-12,25-26H2,1-6H3,(H,49,51)(H,50,52). The topological polar surface area (TPSA) is 84.2 Å². The van der Waals surface area contributed by atoms with Crippen molar-refractivity contribution < 1.29 is 9.47 Å². The molecule has 6 heteroatoms. The second-order valence-corrected chi connectivity index (χ2v) is 16.2. The second kappa shape index (κ2) is 15.2. The highest BCUT2D eigenvalue weighted by molar-refractivity contribution is 6.03. The van der Waals surface area contributed by atoms with Crippen LogP contribution in [0.15, 0.2) is 107 Å². The molecule has 0 aliphatic carbocycles. The van der Waals surface area contributed by atoms with E-state index in [0.717, 1.165) is 24.3 Å². The molecule has 2 aromatic heterocycles. The molecule has 0 saturated carbocycles. The number of rotatable bonds is 14. The number of nitrogens with one attached hydrogen (secondary N) is 2. The lowest BCUT2D eigenvalue weighted by Gasteiger charge is -2.25. The van der Waals surface area contributed by atoms with Gasteiger partial charge in [0, 0.05) is 21.5 Å². The Labute approximate surface area is 317 Å². The van der Waals surface area contributed by atoms with Crippen molar-refractivity contribution in [2.24, 2.45) is 0 Å². The molecule has 0 aliphatic rings. The maximum absolute atomic E-state index is 13.9. The molecule has 0 saturated heterocycles. The summed E-state index contributed by atoms with van der Waals surface area (Å²) < 4.78 is 12.5. The molecule has 2 heterocycles. The predicted octanol–water partition coefficient (Wildman–Crippen LogP) is 13.0. The number of hydrogen-bond donors (Lipinski definition) is 2. The second-order valence-electron chi connectivity index (χ2n) is 16.2. The van der Waals surface area contributed by atoms with E-state index in [2.05, 4.69) is 75.8 Å². The zero-order chi connectivity index (χ0) is 38.0. The first kappa shape index (κ1) is 37.0. The lowest BCUT2D eigenvalue weighted by molar-refractivity contribution is 0.447. The van der Waals surface area contributed by atoms with Crippen LogP contribution >= 0.6 is 0 Å². The molecule has 278 valence electrons. The summed E-state index contributed by atoms with van der Waals surface area (Å²) in [5, 5.41) is 2.03. The molecule has 2 N–H and O–H groups in total. The Balaban J connectivity index is 1.14. The van der Waals surface area contributed by atoms with Crippen molar-refractivity contribution >= 4 is 43.6 Å². The Kier molecular flexibility index (Phi) is 10.4. The third kappa shape index (κ3) is 7.66. The molecular formula is C48H52N2O4. The van der Waals surface area contributed by atoms with Crippen LogP contribution < -0.4 is 20.3 Å². The van der Waals surface area contributed by atoms with Crippen LogP contribution in [0.4, 0.5) is 0 Å². The number of benzene rings is 5. The minimum absolute atomic E-state index is 0.0985. The average molecular weight is 721 g/mol. The van der Waals surface area contributed by atoms with Crippen LogP contribution in [0.5, 0.6) is 23.0 Å². The Morgan fingerprint density at radius 1 is 0.444 bits per heavy atom. The summed E-state index contributed by atoms with van der Waals surface area (Å²) in [5.41, 5.74) is 5.06. The van der Waals surface area contributed by atoms with Gasteiger partial charge in [-0.15, -0.1) is 0 Å². The molecule has 0 spiro atoms. The Bertz CT molecular complexity index is 2380. The van der Waals surface area contributed by atoms with Gasteiger partial charge in [-0.2, -0.15) is 0 Å². The van der Waals surface area contributed by atoms with E-state index in [1.165, 1.54) is 49.7 Å². The molecule has 7 aromatic rings. The molecule has 0 aliphatic heterocycles. The monoisotopic (exact) mass is 720 g/mol. The highest BCUT2D eigenvalue weighted by atomic mass is 16.5. The van der Waals surface area contributed by atoms with Gasteiger partial charge in [-0.05, 0) is 108 Å². The quantitative estimate of drug-likeness (QED) is 0.0865. The van der Waals surface area contributed by atoms with Crippen molar-refractivity contribution in [3.05, 3.63) is 129 Å². The van der Waals surface area contributed by atoms with E-state index in [-0.39, 0.29) is 21.7 Å². The Hall–Kier alpha value is -5.36. The van der Waals surface area contributed by atoms with Crippen LogP contribution in [0.2, 0.25) is 0 Å². The van der Waals surface area contributed by atoms with Gasteiger partial charge >= 0.3 is 0 Å². The fraction of sp³-hybridized carbons (Fsp3) is 0.333. The molecule has 0 radical (unpaired) electrons. The van der Waals surface area contributed by atoms with E-state index in [0.29, 0.717) is 55.1 Å². The summed E-state index contributed by atoms with van der Waals surface area (Å²) >= 11 is 0. The number of hydrogen-bond acceptors (Lipinski definition) is 4. The van der Waals surface area contributed by atoms with E-state index >= 15 is 0 Å². The van der Waals surface area contributed by atoms with E-state index in [1.54, 1.807) is 24.3 Å². The summed E-state index contributed by atoms with van der Waals surface area (Å²) in [6, 6.07) is 31.1. The molecule has 0 fully saturated rings. The third-order valence-electron chi connectivity index (χ3n) is 11.2. The number of aromatic amines is 2. The van der Waals surface area contributed by atoms with Gasteiger partial charge in [0.05, 0.1) is 22.1 Å². The summed E-state index contributed by atoms with van der Waals surface area (Å²) in [6.07, 6.45) is 9.65. The van der Waals surface area contributed by atoms with Crippen LogP contribution in [0.25, 0.3) is 43.6 Å².